The smallest absolute Gasteiger partial charge is 0.168 e. The number of aliphatic hydroxyl groups excluding tert-OH is 1. The summed E-state index contributed by atoms with van der Waals surface area (Å²) in [6.07, 6.45) is 3.75. The fourth-order valence-corrected chi connectivity index (χ4v) is 0.951. The predicted octanol–water partition coefficient (Wildman–Crippen LogP) is 1.05. The summed E-state index contributed by atoms with van der Waals surface area (Å²) in [4.78, 5) is 14.1. The van der Waals surface area contributed by atoms with Gasteiger partial charge < -0.3 is 9.84 Å². The molecule has 0 atom stereocenters. The van der Waals surface area contributed by atoms with Gasteiger partial charge in [-0.2, -0.15) is 0 Å². The van der Waals surface area contributed by atoms with Crippen LogP contribution in [0.4, 0.5) is 0 Å². The van der Waals surface area contributed by atoms with Crippen LogP contribution in [0.3, 0.4) is 0 Å². The van der Waals surface area contributed by atoms with Gasteiger partial charge >= 0.3 is 0 Å². The van der Waals surface area contributed by atoms with Crippen LogP contribution in [0, 0.1) is 0 Å². The second kappa shape index (κ2) is 6.10. The lowest BCUT2D eigenvalue weighted by atomic mass is 10.3. The van der Waals surface area contributed by atoms with Gasteiger partial charge in [0.05, 0.1) is 12.8 Å². The Labute approximate surface area is 82.5 Å². The molecule has 14 heavy (non-hydrogen) atoms. The van der Waals surface area contributed by atoms with Crippen LogP contribution in [0.5, 0.6) is 5.75 Å². The van der Waals surface area contributed by atoms with Crippen LogP contribution in [0.1, 0.15) is 23.3 Å². The Bertz CT molecular complexity index is 271. The highest BCUT2D eigenvalue weighted by Crippen LogP contribution is 2.08. The molecule has 76 valence electrons. The fraction of sp³-hybridized carbons (Fsp3) is 0.400. The van der Waals surface area contributed by atoms with Crippen molar-refractivity contribution in [3.8, 4) is 5.75 Å². The average Bonchev–Trinajstić information content (AvgIpc) is 2.25. The minimum absolute atomic E-state index is 0.186. The molecule has 1 aromatic rings. The predicted molar refractivity (Wildman–Crippen MR) is 51.4 cm³/mol. The van der Waals surface area contributed by atoms with Crippen LogP contribution in [-0.4, -0.2) is 29.6 Å². The molecule has 0 aliphatic carbocycles. The van der Waals surface area contributed by atoms with E-state index in [0.29, 0.717) is 24.3 Å². The highest BCUT2D eigenvalue weighted by molar-refractivity contribution is 5.71. The van der Waals surface area contributed by atoms with Gasteiger partial charge in [0.25, 0.3) is 0 Å². The van der Waals surface area contributed by atoms with Crippen molar-refractivity contribution in [3.05, 3.63) is 24.0 Å². The highest BCUT2D eigenvalue weighted by atomic mass is 16.5. The summed E-state index contributed by atoms with van der Waals surface area (Å²) in [5.41, 5.74) is 0.396. The van der Waals surface area contributed by atoms with E-state index in [2.05, 4.69) is 4.98 Å². The normalized spacial score (nSPS) is 9.79. The minimum atomic E-state index is 0.186. The third-order valence-corrected chi connectivity index (χ3v) is 1.70. The lowest BCUT2D eigenvalue weighted by molar-refractivity contribution is 0.111. The van der Waals surface area contributed by atoms with E-state index in [1.165, 1.54) is 6.20 Å². The maximum atomic E-state index is 10.3. The number of aliphatic hydroxyl groups is 1. The molecule has 1 heterocycles. The van der Waals surface area contributed by atoms with Crippen LogP contribution < -0.4 is 4.74 Å². The summed E-state index contributed by atoms with van der Waals surface area (Å²) < 4.78 is 5.32. The number of nitrogens with zero attached hydrogens (tertiary/aromatic N) is 1. The van der Waals surface area contributed by atoms with Crippen molar-refractivity contribution in [2.45, 2.75) is 12.8 Å². The molecular formula is C10H13NO3. The van der Waals surface area contributed by atoms with Gasteiger partial charge in [0.15, 0.2) is 6.29 Å². The summed E-state index contributed by atoms with van der Waals surface area (Å²) >= 11 is 0. The van der Waals surface area contributed by atoms with E-state index in [0.717, 1.165) is 12.8 Å². The van der Waals surface area contributed by atoms with Gasteiger partial charge in [0, 0.05) is 6.61 Å². The number of aromatic nitrogens is 1. The summed E-state index contributed by atoms with van der Waals surface area (Å²) in [6, 6.07) is 3.31. The van der Waals surface area contributed by atoms with Crippen LogP contribution in [-0.2, 0) is 0 Å². The lowest BCUT2D eigenvalue weighted by Gasteiger charge is -2.04. The van der Waals surface area contributed by atoms with Crippen molar-refractivity contribution in [1.29, 1.82) is 0 Å². The first-order chi connectivity index (χ1) is 6.86. The van der Waals surface area contributed by atoms with E-state index in [1.54, 1.807) is 12.1 Å². The van der Waals surface area contributed by atoms with Crippen molar-refractivity contribution < 1.29 is 14.6 Å². The van der Waals surface area contributed by atoms with Crippen molar-refractivity contribution in [2.75, 3.05) is 13.2 Å². The van der Waals surface area contributed by atoms with Gasteiger partial charge in [-0.05, 0) is 25.0 Å². The zero-order valence-electron chi connectivity index (χ0n) is 7.85. The van der Waals surface area contributed by atoms with Gasteiger partial charge in [-0.1, -0.05) is 0 Å². The number of carbonyl (C=O) groups excluding carboxylic acids is 1. The lowest BCUT2D eigenvalue weighted by Crippen LogP contribution is -1.99. The number of carbonyl (C=O) groups is 1. The molecular weight excluding hydrogens is 182 g/mol. The van der Waals surface area contributed by atoms with E-state index < -0.39 is 0 Å². The number of aldehydes is 1. The molecule has 0 amide bonds. The second-order valence-corrected chi connectivity index (χ2v) is 2.82. The first-order valence-electron chi connectivity index (χ1n) is 4.51. The topological polar surface area (TPSA) is 59.4 Å². The van der Waals surface area contributed by atoms with Crippen LogP contribution in [0.15, 0.2) is 18.3 Å². The van der Waals surface area contributed by atoms with E-state index in [4.69, 9.17) is 9.84 Å². The van der Waals surface area contributed by atoms with Crippen LogP contribution in [0.25, 0.3) is 0 Å². The number of rotatable bonds is 6. The fourth-order valence-electron chi connectivity index (χ4n) is 0.951. The van der Waals surface area contributed by atoms with Gasteiger partial charge in [-0.15, -0.1) is 0 Å². The highest BCUT2D eigenvalue weighted by Gasteiger charge is 1.95. The zero-order valence-corrected chi connectivity index (χ0v) is 7.85. The molecule has 0 aliphatic rings. The molecule has 0 aliphatic heterocycles. The maximum Gasteiger partial charge on any atom is 0.168 e. The van der Waals surface area contributed by atoms with Crippen molar-refractivity contribution in [3.63, 3.8) is 0 Å². The molecule has 4 nitrogen and oxygen atoms in total. The Hall–Kier alpha value is -1.42. The van der Waals surface area contributed by atoms with Crippen molar-refractivity contribution in [1.82, 2.24) is 4.98 Å². The molecule has 0 saturated carbocycles. The van der Waals surface area contributed by atoms with E-state index in [-0.39, 0.29) is 6.61 Å². The number of hydrogen-bond acceptors (Lipinski definition) is 4. The molecule has 0 fully saturated rings. The quantitative estimate of drug-likeness (QED) is 0.544. The number of unbranched alkanes of at least 4 members (excludes halogenated alkanes) is 1. The molecule has 4 heteroatoms. The van der Waals surface area contributed by atoms with Crippen LogP contribution >= 0.6 is 0 Å². The molecule has 1 rings (SSSR count). The first kappa shape index (κ1) is 10.7. The first-order valence-corrected chi connectivity index (χ1v) is 4.51. The average molecular weight is 195 g/mol. The molecule has 0 aromatic carbocycles. The Morgan fingerprint density at radius 3 is 2.86 bits per heavy atom. The third-order valence-electron chi connectivity index (χ3n) is 1.70. The molecule has 1 aromatic heterocycles. The molecule has 0 radical (unpaired) electrons. The summed E-state index contributed by atoms with van der Waals surface area (Å²) in [5, 5.41) is 8.52. The largest absolute Gasteiger partial charge is 0.492 e. The SMILES string of the molecule is O=Cc1ccc(OCCCCO)cn1. The van der Waals surface area contributed by atoms with E-state index in [1.807, 2.05) is 0 Å². The molecule has 0 unspecified atom stereocenters. The monoisotopic (exact) mass is 195 g/mol. The number of ether oxygens (including phenoxy) is 1. The summed E-state index contributed by atoms with van der Waals surface area (Å²) in [5.74, 6) is 0.647. The van der Waals surface area contributed by atoms with Gasteiger partial charge in [0.2, 0.25) is 0 Å². The van der Waals surface area contributed by atoms with Gasteiger partial charge in [0.1, 0.15) is 11.4 Å². The third kappa shape index (κ3) is 3.53. The number of pyridine rings is 1. The van der Waals surface area contributed by atoms with Crippen molar-refractivity contribution >= 4 is 6.29 Å². The molecule has 0 bridgehead atoms. The number of hydrogen-bond donors (Lipinski definition) is 1. The van der Waals surface area contributed by atoms with Crippen LogP contribution in [0.2, 0.25) is 0 Å². The minimum Gasteiger partial charge on any atom is -0.492 e. The Morgan fingerprint density at radius 2 is 2.29 bits per heavy atom. The van der Waals surface area contributed by atoms with Gasteiger partial charge in [-0.25, -0.2) is 4.98 Å². The Kier molecular flexibility index (Phi) is 4.64. The Morgan fingerprint density at radius 1 is 1.43 bits per heavy atom. The van der Waals surface area contributed by atoms with E-state index in [9.17, 15) is 4.79 Å². The summed E-state index contributed by atoms with van der Waals surface area (Å²) in [7, 11) is 0. The van der Waals surface area contributed by atoms with Gasteiger partial charge in [-0.3, -0.25) is 4.79 Å². The Balaban J connectivity index is 2.32. The van der Waals surface area contributed by atoms with E-state index >= 15 is 0 Å². The standard InChI is InChI=1S/C10H13NO3/c12-5-1-2-6-14-10-4-3-9(8-13)11-7-10/h3-4,7-8,12H,1-2,5-6H2. The molecule has 0 spiro atoms. The maximum absolute atomic E-state index is 10.3. The zero-order chi connectivity index (χ0) is 10.2. The molecule has 0 saturated heterocycles. The summed E-state index contributed by atoms with van der Waals surface area (Å²) in [6.45, 7) is 0.744. The van der Waals surface area contributed by atoms with Crippen molar-refractivity contribution in [2.24, 2.45) is 0 Å². The second-order valence-electron chi connectivity index (χ2n) is 2.82. The molecule has 1 N–H and O–H groups in total.